The fourth-order valence-electron chi connectivity index (χ4n) is 2.33. The summed E-state index contributed by atoms with van der Waals surface area (Å²) < 4.78 is 6.93. The second-order valence-electron chi connectivity index (χ2n) is 4.74. The Morgan fingerprint density at radius 3 is 2.57 bits per heavy atom. The minimum absolute atomic E-state index is 0.305. The van der Waals surface area contributed by atoms with E-state index >= 15 is 0 Å². The molecule has 2 N–H and O–H groups in total. The summed E-state index contributed by atoms with van der Waals surface area (Å²) >= 11 is 0. The Morgan fingerprint density at radius 1 is 1.19 bits per heavy atom. The molecular formula is C16H15N3O2. The fourth-order valence-corrected chi connectivity index (χ4v) is 2.33. The topological polar surface area (TPSA) is 70.1 Å². The lowest BCUT2D eigenvalue weighted by Crippen LogP contribution is -2.13. The molecule has 21 heavy (non-hydrogen) atoms. The normalized spacial score (nSPS) is 10.7. The summed E-state index contributed by atoms with van der Waals surface area (Å²) in [5.41, 5.74) is 7.66. The van der Waals surface area contributed by atoms with Crippen molar-refractivity contribution in [2.75, 3.05) is 7.11 Å². The summed E-state index contributed by atoms with van der Waals surface area (Å²) in [5, 5.41) is 5.11. The van der Waals surface area contributed by atoms with Crippen molar-refractivity contribution in [3.63, 3.8) is 0 Å². The van der Waals surface area contributed by atoms with Crippen LogP contribution < -0.4 is 10.5 Å². The molecule has 2 aromatic carbocycles. The quantitative estimate of drug-likeness (QED) is 0.797. The third kappa shape index (κ3) is 2.45. The summed E-state index contributed by atoms with van der Waals surface area (Å²) in [6.07, 6.45) is 0. The maximum Gasteiger partial charge on any atom is 0.269 e. The van der Waals surface area contributed by atoms with Gasteiger partial charge in [0, 0.05) is 5.39 Å². The molecule has 0 atom stereocenters. The number of amides is 1. The van der Waals surface area contributed by atoms with Gasteiger partial charge in [-0.2, -0.15) is 5.10 Å². The number of benzene rings is 2. The van der Waals surface area contributed by atoms with Crippen LogP contribution in [0.4, 0.5) is 0 Å². The SMILES string of the molecule is COc1ccc(Cn2nc(C(N)=O)c3ccccc32)cc1. The van der Waals surface area contributed by atoms with Crippen molar-refractivity contribution in [3.05, 3.63) is 59.8 Å². The second-order valence-corrected chi connectivity index (χ2v) is 4.74. The van der Waals surface area contributed by atoms with Crippen LogP contribution in [0.15, 0.2) is 48.5 Å². The van der Waals surface area contributed by atoms with Crippen LogP contribution in [-0.4, -0.2) is 22.8 Å². The highest BCUT2D eigenvalue weighted by Gasteiger charge is 2.14. The zero-order valence-corrected chi connectivity index (χ0v) is 11.6. The van der Waals surface area contributed by atoms with Crippen molar-refractivity contribution < 1.29 is 9.53 Å². The molecule has 1 aromatic heterocycles. The van der Waals surface area contributed by atoms with E-state index in [0.717, 1.165) is 22.2 Å². The van der Waals surface area contributed by atoms with Gasteiger partial charge in [0.1, 0.15) is 5.75 Å². The van der Waals surface area contributed by atoms with Crippen LogP contribution in [-0.2, 0) is 6.54 Å². The molecule has 1 heterocycles. The molecule has 0 aliphatic rings. The van der Waals surface area contributed by atoms with Gasteiger partial charge in [-0.05, 0) is 23.8 Å². The summed E-state index contributed by atoms with van der Waals surface area (Å²) in [7, 11) is 1.63. The minimum atomic E-state index is -0.514. The third-order valence-electron chi connectivity index (χ3n) is 3.38. The highest BCUT2D eigenvalue weighted by atomic mass is 16.5. The van der Waals surface area contributed by atoms with Crippen LogP contribution in [0, 0.1) is 0 Å². The minimum Gasteiger partial charge on any atom is -0.497 e. The Morgan fingerprint density at radius 2 is 1.90 bits per heavy atom. The number of hydrogen-bond donors (Lipinski definition) is 1. The van der Waals surface area contributed by atoms with Crippen LogP contribution >= 0.6 is 0 Å². The van der Waals surface area contributed by atoms with Gasteiger partial charge in [0.25, 0.3) is 5.91 Å². The van der Waals surface area contributed by atoms with Gasteiger partial charge in [0.05, 0.1) is 19.2 Å². The molecule has 0 spiro atoms. The fraction of sp³-hybridized carbons (Fsp3) is 0.125. The average molecular weight is 281 g/mol. The zero-order chi connectivity index (χ0) is 14.8. The number of primary amides is 1. The van der Waals surface area contributed by atoms with E-state index in [0.29, 0.717) is 12.2 Å². The van der Waals surface area contributed by atoms with Gasteiger partial charge in [0.2, 0.25) is 0 Å². The van der Waals surface area contributed by atoms with E-state index in [1.165, 1.54) is 0 Å². The number of hydrogen-bond acceptors (Lipinski definition) is 3. The van der Waals surface area contributed by atoms with Crippen LogP contribution in [0.25, 0.3) is 10.9 Å². The Kier molecular flexibility index (Phi) is 3.31. The Labute approximate surface area is 121 Å². The number of nitrogens with zero attached hydrogens (tertiary/aromatic N) is 2. The molecular weight excluding hydrogens is 266 g/mol. The lowest BCUT2D eigenvalue weighted by atomic mass is 10.2. The Hall–Kier alpha value is -2.82. The number of fused-ring (bicyclic) bond motifs is 1. The number of carbonyl (C=O) groups is 1. The van der Waals surface area contributed by atoms with Gasteiger partial charge in [-0.1, -0.05) is 30.3 Å². The summed E-state index contributed by atoms with van der Waals surface area (Å²) in [4.78, 5) is 11.5. The molecule has 0 aliphatic carbocycles. The first-order chi connectivity index (χ1) is 10.2. The average Bonchev–Trinajstić information content (AvgIpc) is 2.87. The van der Waals surface area contributed by atoms with Gasteiger partial charge in [0.15, 0.2) is 5.69 Å². The van der Waals surface area contributed by atoms with Crippen LogP contribution in [0.1, 0.15) is 16.1 Å². The number of ether oxygens (including phenoxy) is 1. The van der Waals surface area contributed by atoms with E-state index in [-0.39, 0.29) is 0 Å². The van der Waals surface area contributed by atoms with E-state index in [2.05, 4.69) is 5.10 Å². The van der Waals surface area contributed by atoms with Crippen LogP contribution in [0.5, 0.6) is 5.75 Å². The molecule has 0 saturated carbocycles. The molecule has 0 saturated heterocycles. The van der Waals surface area contributed by atoms with Crippen molar-refractivity contribution in [3.8, 4) is 5.75 Å². The summed E-state index contributed by atoms with van der Waals surface area (Å²) in [5.74, 6) is 0.293. The van der Waals surface area contributed by atoms with Crippen molar-refractivity contribution in [1.29, 1.82) is 0 Å². The molecule has 5 nitrogen and oxygen atoms in total. The van der Waals surface area contributed by atoms with Gasteiger partial charge in [-0.25, -0.2) is 0 Å². The predicted octanol–water partition coefficient (Wildman–Crippen LogP) is 2.19. The first-order valence-corrected chi connectivity index (χ1v) is 6.57. The zero-order valence-electron chi connectivity index (χ0n) is 11.6. The maximum atomic E-state index is 11.5. The van der Waals surface area contributed by atoms with E-state index in [1.807, 2.05) is 48.5 Å². The second kappa shape index (κ2) is 5.28. The number of para-hydroxylation sites is 1. The summed E-state index contributed by atoms with van der Waals surface area (Å²) in [6, 6.07) is 15.3. The molecule has 106 valence electrons. The van der Waals surface area contributed by atoms with E-state index < -0.39 is 5.91 Å². The Bertz CT molecular complexity index is 791. The predicted molar refractivity (Wildman–Crippen MR) is 80.3 cm³/mol. The highest BCUT2D eigenvalue weighted by molar-refractivity contribution is 6.04. The lowest BCUT2D eigenvalue weighted by molar-refractivity contribution is 0.0996. The molecule has 3 aromatic rings. The van der Waals surface area contributed by atoms with Gasteiger partial charge < -0.3 is 10.5 Å². The molecule has 1 amide bonds. The molecule has 0 radical (unpaired) electrons. The largest absolute Gasteiger partial charge is 0.497 e. The molecule has 0 unspecified atom stereocenters. The van der Waals surface area contributed by atoms with Gasteiger partial charge >= 0.3 is 0 Å². The van der Waals surface area contributed by atoms with E-state index in [4.69, 9.17) is 10.5 Å². The molecule has 0 fully saturated rings. The number of nitrogens with two attached hydrogens (primary N) is 1. The molecule has 0 bridgehead atoms. The van der Waals surface area contributed by atoms with Gasteiger partial charge in [-0.3, -0.25) is 9.48 Å². The standard InChI is InChI=1S/C16H15N3O2/c1-21-12-8-6-11(7-9-12)10-19-14-5-3-2-4-13(14)15(18-19)16(17)20/h2-9H,10H2,1H3,(H2,17,20). The lowest BCUT2D eigenvalue weighted by Gasteiger charge is -2.05. The van der Waals surface area contributed by atoms with E-state index in [9.17, 15) is 4.79 Å². The number of aromatic nitrogens is 2. The van der Waals surface area contributed by atoms with Crippen LogP contribution in [0.2, 0.25) is 0 Å². The number of methoxy groups -OCH3 is 1. The monoisotopic (exact) mass is 281 g/mol. The number of rotatable bonds is 4. The van der Waals surface area contributed by atoms with Crippen molar-refractivity contribution in [2.45, 2.75) is 6.54 Å². The maximum absolute atomic E-state index is 11.5. The number of carbonyl (C=O) groups excluding carboxylic acids is 1. The Balaban J connectivity index is 2.01. The van der Waals surface area contributed by atoms with Crippen molar-refractivity contribution in [1.82, 2.24) is 9.78 Å². The molecule has 5 heteroatoms. The highest BCUT2D eigenvalue weighted by Crippen LogP contribution is 2.20. The smallest absolute Gasteiger partial charge is 0.269 e. The van der Waals surface area contributed by atoms with Crippen molar-refractivity contribution in [2.24, 2.45) is 5.73 Å². The first kappa shape index (κ1) is 13.2. The van der Waals surface area contributed by atoms with Crippen LogP contribution in [0.3, 0.4) is 0 Å². The van der Waals surface area contributed by atoms with E-state index in [1.54, 1.807) is 11.8 Å². The third-order valence-corrected chi connectivity index (χ3v) is 3.38. The van der Waals surface area contributed by atoms with Gasteiger partial charge in [-0.15, -0.1) is 0 Å². The first-order valence-electron chi connectivity index (χ1n) is 6.57. The van der Waals surface area contributed by atoms with Crippen molar-refractivity contribution >= 4 is 16.8 Å². The summed E-state index contributed by atoms with van der Waals surface area (Å²) in [6.45, 7) is 0.567. The molecule has 3 rings (SSSR count). The molecule has 0 aliphatic heterocycles.